The van der Waals surface area contributed by atoms with E-state index in [1.165, 1.54) is 16.2 Å². The number of amides is 4. The molecule has 0 unspecified atom stereocenters. The molecule has 4 heterocycles. The van der Waals surface area contributed by atoms with E-state index in [4.69, 9.17) is 9.47 Å². The Morgan fingerprint density at radius 1 is 1.12 bits per heavy atom. The van der Waals surface area contributed by atoms with Crippen LogP contribution in [0.1, 0.15) is 69.1 Å². The van der Waals surface area contributed by atoms with E-state index in [9.17, 15) is 29.1 Å². The molecule has 0 spiro atoms. The molecule has 1 saturated carbocycles. The molecule has 0 bridgehead atoms. The number of allylic oxidation sites excluding steroid dienone is 1. The molecule has 268 valence electrons. The second kappa shape index (κ2) is 14.0. The van der Waals surface area contributed by atoms with E-state index in [0.29, 0.717) is 35.8 Å². The van der Waals surface area contributed by atoms with Gasteiger partial charge in [-0.2, -0.15) is 0 Å². The fraction of sp³-hybridized carbons (Fsp3) is 0.556. The van der Waals surface area contributed by atoms with Gasteiger partial charge in [-0.3, -0.25) is 14.4 Å². The number of thiazole rings is 1. The third-order valence-corrected chi connectivity index (χ3v) is 10.8. The number of hydrogen-bond donors (Lipinski definition) is 3. The molecule has 13 nitrogen and oxygen atoms in total. The zero-order valence-electron chi connectivity index (χ0n) is 28.8. The average molecular weight is 708 g/mol. The van der Waals surface area contributed by atoms with Crippen LogP contribution in [0, 0.1) is 17.8 Å². The lowest BCUT2D eigenvalue weighted by Gasteiger charge is -2.32. The number of alkyl carbamates (subject to hydrolysis) is 1. The summed E-state index contributed by atoms with van der Waals surface area (Å²) < 4.78 is 10.8. The van der Waals surface area contributed by atoms with Crippen LogP contribution in [0.25, 0.3) is 11.3 Å². The zero-order chi connectivity index (χ0) is 35.8. The average Bonchev–Trinajstić information content (AvgIpc) is 3.40. The number of nitrogens with zero attached hydrogens (tertiary/aromatic N) is 3. The quantitative estimate of drug-likeness (QED) is 0.388. The predicted octanol–water partition coefficient (Wildman–Crippen LogP) is 4.09. The van der Waals surface area contributed by atoms with Crippen LogP contribution in [0.3, 0.4) is 0 Å². The first kappa shape index (κ1) is 35.4. The molecule has 4 amide bonds. The summed E-state index contributed by atoms with van der Waals surface area (Å²) in [5.41, 5.74) is -0.778. The van der Waals surface area contributed by atoms with Crippen LogP contribution in [-0.4, -0.2) is 99.6 Å². The summed E-state index contributed by atoms with van der Waals surface area (Å²) >= 11 is 1.23. The third kappa shape index (κ3) is 7.35. The Morgan fingerprint density at radius 2 is 1.92 bits per heavy atom. The fourth-order valence-electron chi connectivity index (χ4n) is 7.41. The monoisotopic (exact) mass is 707 g/mol. The minimum atomic E-state index is -1.46. The third-order valence-electron chi connectivity index (χ3n) is 10.0. The van der Waals surface area contributed by atoms with Crippen molar-refractivity contribution in [3.63, 3.8) is 0 Å². The molecular formula is C36H45N5O8S. The molecule has 3 N–H and O–H groups in total. The number of methoxy groups -OCH3 is 1. The summed E-state index contributed by atoms with van der Waals surface area (Å²) in [5, 5.41) is 17.9. The smallest absolute Gasteiger partial charge is 0.408 e. The highest BCUT2D eigenvalue weighted by Gasteiger charge is 2.62. The number of likely N-dealkylation sites (tertiary alicyclic amines) is 1. The number of aromatic nitrogens is 1. The Hall–Kier alpha value is -4.46. The van der Waals surface area contributed by atoms with Crippen LogP contribution in [0.4, 0.5) is 4.79 Å². The number of carboxylic acid groups (broad SMARTS) is 1. The van der Waals surface area contributed by atoms with E-state index in [1.807, 2.05) is 41.8 Å². The Labute approximate surface area is 295 Å². The van der Waals surface area contributed by atoms with Crippen LogP contribution < -0.4 is 15.4 Å². The summed E-state index contributed by atoms with van der Waals surface area (Å²) in [4.78, 5) is 75.5. The second-order valence-electron chi connectivity index (χ2n) is 14.7. The molecule has 1 aromatic carbocycles. The fourth-order valence-corrected chi connectivity index (χ4v) is 8.20. The minimum Gasteiger partial charge on any atom is -0.497 e. The number of rotatable bonds is 5. The first-order chi connectivity index (χ1) is 23.8. The van der Waals surface area contributed by atoms with Gasteiger partial charge in [0.1, 0.15) is 29.0 Å². The van der Waals surface area contributed by atoms with Crippen molar-refractivity contribution in [2.45, 2.75) is 82.5 Å². The van der Waals surface area contributed by atoms with Crippen molar-refractivity contribution in [2.75, 3.05) is 26.7 Å². The highest BCUT2D eigenvalue weighted by Crippen LogP contribution is 2.46. The Balaban J connectivity index is 1.26. The van der Waals surface area contributed by atoms with Crippen molar-refractivity contribution in [1.82, 2.24) is 25.4 Å². The van der Waals surface area contributed by atoms with Crippen molar-refractivity contribution in [3.8, 4) is 17.0 Å². The van der Waals surface area contributed by atoms with Gasteiger partial charge in [-0.05, 0) is 58.6 Å². The van der Waals surface area contributed by atoms with Gasteiger partial charge in [0.15, 0.2) is 5.01 Å². The van der Waals surface area contributed by atoms with Crippen molar-refractivity contribution in [2.24, 2.45) is 17.8 Å². The molecule has 2 saturated heterocycles. The SMILES string of the molecule is COc1cccc(-c2csc(C(=O)N3C[C@H]4CN5C(=O)[C@H](NC(=O)OC(C)(C)C)CCCCC/C=C\[C@@H]6C[C@@]6(C(=O)O)NC(=O)[C@@H]5[C@H]4C3)n2)c1. The minimum absolute atomic E-state index is 0.175. The van der Waals surface area contributed by atoms with Crippen LogP contribution in [0.15, 0.2) is 41.8 Å². The van der Waals surface area contributed by atoms with Crippen molar-refractivity contribution >= 4 is 41.1 Å². The summed E-state index contributed by atoms with van der Waals surface area (Å²) in [6.45, 7) is 5.87. The molecule has 2 aromatic rings. The number of carbonyl (C=O) groups excluding carboxylic acids is 4. The molecule has 0 radical (unpaired) electrons. The Kier molecular flexibility index (Phi) is 9.93. The van der Waals surface area contributed by atoms with Crippen LogP contribution in [-0.2, 0) is 19.1 Å². The molecule has 50 heavy (non-hydrogen) atoms. The van der Waals surface area contributed by atoms with Crippen molar-refractivity contribution in [1.29, 1.82) is 0 Å². The van der Waals surface area contributed by atoms with Gasteiger partial charge in [0, 0.05) is 48.3 Å². The number of benzene rings is 1. The van der Waals surface area contributed by atoms with Crippen molar-refractivity contribution < 1.29 is 38.6 Å². The van der Waals surface area contributed by atoms with Crippen LogP contribution >= 0.6 is 11.3 Å². The summed E-state index contributed by atoms with van der Waals surface area (Å²) in [6.07, 6.45) is 6.75. The Morgan fingerprint density at radius 3 is 2.66 bits per heavy atom. The maximum Gasteiger partial charge on any atom is 0.408 e. The lowest BCUT2D eigenvalue weighted by Crippen LogP contribution is -2.58. The van der Waals surface area contributed by atoms with Gasteiger partial charge in [0.2, 0.25) is 11.8 Å². The zero-order valence-corrected chi connectivity index (χ0v) is 29.7. The molecule has 4 aliphatic rings. The van der Waals surface area contributed by atoms with Crippen molar-refractivity contribution in [3.05, 3.63) is 46.8 Å². The van der Waals surface area contributed by atoms with E-state index in [-0.39, 0.29) is 37.3 Å². The molecule has 1 aromatic heterocycles. The highest BCUT2D eigenvalue weighted by atomic mass is 32.1. The summed E-state index contributed by atoms with van der Waals surface area (Å²) in [6, 6.07) is 5.44. The van der Waals surface area contributed by atoms with Gasteiger partial charge in [0.05, 0.1) is 12.8 Å². The molecule has 3 fully saturated rings. The second-order valence-corrected chi connectivity index (χ2v) is 15.5. The molecule has 6 rings (SSSR count). The molecule has 1 aliphatic carbocycles. The lowest BCUT2D eigenvalue weighted by atomic mass is 9.93. The first-order valence-electron chi connectivity index (χ1n) is 17.2. The largest absolute Gasteiger partial charge is 0.497 e. The Bertz CT molecular complexity index is 1690. The van der Waals surface area contributed by atoms with Gasteiger partial charge in [0.25, 0.3) is 5.91 Å². The molecule has 6 atom stereocenters. The highest BCUT2D eigenvalue weighted by molar-refractivity contribution is 7.12. The van der Waals surface area contributed by atoms with E-state index >= 15 is 0 Å². The van der Waals surface area contributed by atoms with Crippen LogP contribution in [0.5, 0.6) is 5.75 Å². The number of carboxylic acids is 1. The van der Waals surface area contributed by atoms with E-state index in [0.717, 1.165) is 24.8 Å². The number of ether oxygens (including phenoxy) is 2. The van der Waals surface area contributed by atoms with E-state index in [1.54, 1.807) is 32.8 Å². The van der Waals surface area contributed by atoms with E-state index < -0.39 is 53.0 Å². The number of fused-ring (bicyclic) bond motifs is 4. The topological polar surface area (TPSA) is 167 Å². The lowest BCUT2D eigenvalue weighted by molar-refractivity contribution is -0.146. The van der Waals surface area contributed by atoms with Gasteiger partial charge >= 0.3 is 12.1 Å². The maximum absolute atomic E-state index is 14.3. The maximum atomic E-state index is 14.3. The summed E-state index contributed by atoms with van der Waals surface area (Å²) in [5.74, 6) is -2.76. The number of hydrogen-bond acceptors (Lipinski definition) is 9. The number of nitrogens with one attached hydrogen (secondary N) is 2. The van der Waals surface area contributed by atoms with E-state index in [2.05, 4.69) is 15.6 Å². The molecule has 14 heteroatoms. The van der Waals surface area contributed by atoms with Gasteiger partial charge in [-0.25, -0.2) is 14.6 Å². The van der Waals surface area contributed by atoms with Gasteiger partial charge < -0.3 is 35.0 Å². The van der Waals surface area contributed by atoms with Gasteiger partial charge in [-0.1, -0.05) is 37.1 Å². The number of aliphatic carboxylic acids is 1. The standard InChI is InChI=1S/C36H45N5O8S/c1-35(2,3)49-34(47)38-26-14-9-7-5-6-8-12-23-16-36(23,33(45)46)39-29(42)28-25-19-40(17-22(25)18-41(28)31(26)43)32(44)30-37-27(20-50-30)21-11-10-13-24(15-21)48-4/h8,10-13,15,20,22-23,25-26,28H,5-7,9,14,16-19H2,1-4H3,(H,38,47)(H,39,42)(H,45,46)/b12-8-/t22-,23+,25-,26+,28-,36+/m0/s1. The normalized spacial score (nSPS) is 29.0. The molecule has 3 aliphatic heterocycles. The molecular weight excluding hydrogens is 662 g/mol. The van der Waals surface area contributed by atoms with Gasteiger partial charge in [-0.15, -0.1) is 11.3 Å². The predicted molar refractivity (Wildman–Crippen MR) is 184 cm³/mol. The number of carbonyl (C=O) groups is 5. The van der Waals surface area contributed by atoms with Crippen LogP contribution in [0.2, 0.25) is 0 Å². The summed E-state index contributed by atoms with van der Waals surface area (Å²) in [7, 11) is 1.58. The first-order valence-corrected chi connectivity index (χ1v) is 18.1.